The molecule has 1 fully saturated rings. The van der Waals surface area contributed by atoms with Crippen molar-refractivity contribution in [2.24, 2.45) is 5.92 Å². The molecule has 0 aromatic heterocycles. The third kappa shape index (κ3) is 2.81. The molecule has 0 aliphatic carbocycles. The lowest BCUT2D eigenvalue weighted by molar-refractivity contribution is -0.384. The van der Waals surface area contributed by atoms with E-state index in [-0.39, 0.29) is 23.1 Å². The van der Waals surface area contributed by atoms with Crippen LogP contribution < -0.4 is 4.90 Å². The first-order valence-corrected chi connectivity index (χ1v) is 6.71. The maximum atomic E-state index is 11.0. The van der Waals surface area contributed by atoms with Crippen LogP contribution in [-0.2, 0) is 0 Å². The molecular weight excluding hydrogens is 300 g/mol. The average molecular weight is 315 g/mol. The third-order valence-corrected chi connectivity index (χ3v) is 3.75. The van der Waals surface area contributed by atoms with E-state index in [1.807, 2.05) is 4.90 Å². The van der Waals surface area contributed by atoms with Crippen molar-refractivity contribution in [3.05, 3.63) is 32.8 Å². The highest BCUT2D eigenvalue weighted by Gasteiger charge is 2.25. The van der Waals surface area contributed by atoms with Gasteiger partial charge in [-0.2, -0.15) is 0 Å². The second kappa shape index (κ2) is 5.67. The summed E-state index contributed by atoms with van der Waals surface area (Å²) in [5.41, 5.74) is 0.754. The van der Waals surface area contributed by atoms with Crippen LogP contribution in [0.2, 0.25) is 0 Å². The first-order valence-electron chi connectivity index (χ1n) is 5.91. The second-order valence-corrected chi connectivity index (χ2v) is 5.44. The zero-order valence-electron chi connectivity index (χ0n) is 9.88. The van der Waals surface area contributed by atoms with Gasteiger partial charge in [0, 0.05) is 30.2 Å². The minimum atomic E-state index is -0.357. The Morgan fingerprint density at radius 3 is 3.00 bits per heavy atom. The third-order valence-electron chi connectivity index (χ3n) is 3.25. The van der Waals surface area contributed by atoms with Crippen molar-refractivity contribution >= 4 is 27.3 Å². The monoisotopic (exact) mass is 314 g/mol. The van der Waals surface area contributed by atoms with Gasteiger partial charge in [0.15, 0.2) is 0 Å². The maximum absolute atomic E-state index is 11.0. The quantitative estimate of drug-likeness (QED) is 0.688. The second-order valence-electron chi connectivity index (χ2n) is 4.53. The van der Waals surface area contributed by atoms with Gasteiger partial charge in [-0.3, -0.25) is 10.1 Å². The molecule has 1 heterocycles. The standard InChI is InChI=1S/C12H15BrN2O3/c13-10-3-4-11(15(17)18)12(6-10)14-5-1-2-9(7-14)8-16/h3-4,6,9,16H,1-2,5,7-8H2. The number of aliphatic hydroxyl groups is 1. The van der Waals surface area contributed by atoms with E-state index in [0.717, 1.165) is 23.9 Å². The zero-order chi connectivity index (χ0) is 13.1. The van der Waals surface area contributed by atoms with Crippen LogP contribution >= 0.6 is 15.9 Å². The summed E-state index contributed by atoms with van der Waals surface area (Å²) in [4.78, 5) is 12.7. The Balaban J connectivity index is 2.31. The van der Waals surface area contributed by atoms with E-state index in [1.165, 1.54) is 6.07 Å². The van der Waals surface area contributed by atoms with Crippen LogP contribution in [0.15, 0.2) is 22.7 Å². The molecule has 1 saturated heterocycles. The van der Waals surface area contributed by atoms with E-state index in [0.29, 0.717) is 12.2 Å². The Labute approximate surface area is 114 Å². The molecule has 98 valence electrons. The molecule has 1 atom stereocenters. The minimum absolute atomic E-state index is 0.122. The number of piperidine rings is 1. The molecule has 0 spiro atoms. The summed E-state index contributed by atoms with van der Waals surface area (Å²) in [6, 6.07) is 4.97. The van der Waals surface area contributed by atoms with Crippen LogP contribution in [0.1, 0.15) is 12.8 Å². The maximum Gasteiger partial charge on any atom is 0.292 e. The first-order chi connectivity index (χ1) is 8.61. The Morgan fingerprint density at radius 1 is 1.56 bits per heavy atom. The van der Waals surface area contributed by atoms with Gasteiger partial charge in [0.1, 0.15) is 5.69 Å². The van der Waals surface area contributed by atoms with E-state index in [4.69, 9.17) is 0 Å². The summed E-state index contributed by atoms with van der Waals surface area (Å²) in [5.74, 6) is 0.206. The number of rotatable bonds is 3. The fourth-order valence-electron chi connectivity index (χ4n) is 2.34. The van der Waals surface area contributed by atoms with E-state index in [9.17, 15) is 15.2 Å². The number of nitro benzene ring substituents is 1. The summed E-state index contributed by atoms with van der Waals surface area (Å²) >= 11 is 3.35. The van der Waals surface area contributed by atoms with Gasteiger partial charge in [-0.25, -0.2) is 0 Å². The summed E-state index contributed by atoms with van der Waals surface area (Å²) in [6.07, 6.45) is 1.93. The van der Waals surface area contributed by atoms with Gasteiger partial charge in [-0.15, -0.1) is 0 Å². The number of benzene rings is 1. The SMILES string of the molecule is O=[N+]([O-])c1ccc(Br)cc1N1CCCC(CO)C1. The summed E-state index contributed by atoms with van der Waals surface area (Å²) in [5, 5.41) is 20.3. The molecule has 0 saturated carbocycles. The van der Waals surface area contributed by atoms with Gasteiger partial charge >= 0.3 is 0 Å². The van der Waals surface area contributed by atoms with Crippen molar-refractivity contribution in [2.75, 3.05) is 24.6 Å². The fraction of sp³-hybridized carbons (Fsp3) is 0.500. The molecule has 0 radical (unpaired) electrons. The van der Waals surface area contributed by atoms with E-state index in [1.54, 1.807) is 12.1 Å². The van der Waals surface area contributed by atoms with E-state index >= 15 is 0 Å². The number of aliphatic hydroxyl groups excluding tert-OH is 1. The van der Waals surface area contributed by atoms with E-state index < -0.39 is 0 Å². The predicted molar refractivity (Wildman–Crippen MR) is 72.8 cm³/mol. The molecule has 2 rings (SSSR count). The Hall–Kier alpha value is -1.14. The van der Waals surface area contributed by atoms with Gasteiger partial charge < -0.3 is 10.0 Å². The highest BCUT2D eigenvalue weighted by Crippen LogP contribution is 2.33. The summed E-state index contributed by atoms with van der Waals surface area (Å²) < 4.78 is 0.828. The molecule has 1 N–H and O–H groups in total. The molecule has 18 heavy (non-hydrogen) atoms. The van der Waals surface area contributed by atoms with Crippen LogP contribution in [0.5, 0.6) is 0 Å². The topological polar surface area (TPSA) is 66.6 Å². The van der Waals surface area contributed by atoms with Gasteiger partial charge in [0.25, 0.3) is 5.69 Å². The Morgan fingerprint density at radius 2 is 2.33 bits per heavy atom. The summed E-state index contributed by atoms with van der Waals surface area (Å²) in [6.45, 7) is 1.61. The normalized spacial score (nSPS) is 19.9. The molecule has 1 aromatic carbocycles. The summed E-state index contributed by atoms with van der Waals surface area (Å²) in [7, 11) is 0. The molecule has 1 unspecified atom stereocenters. The molecule has 1 aliphatic rings. The lowest BCUT2D eigenvalue weighted by atomic mass is 9.98. The zero-order valence-corrected chi connectivity index (χ0v) is 11.5. The largest absolute Gasteiger partial charge is 0.396 e. The molecule has 6 heteroatoms. The number of nitro groups is 1. The Kier molecular flexibility index (Phi) is 4.19. The fourth-order valence-corrected chi connectivity index (χ4v) is 2.69. The number of anilines is 1. The average Bonchev–Trinajstić information content (AvgIpc) is 2.38. The van der Waals surface area contributed by atoms with Gasteiger partial charge in [-0.1, -0.05) is 15.9 Å². The van der Waals surface area contributed by atoms with Crippen molar-refractivity contribution in [3.63, 3.8) is 0 Å². The number of halogens is 1. The van der Waals surface area contributed by atoms with Crippen molar-refractivity contribution < 1.29 is 10.0 Å². The molecule has 1 aliphatic heterocycles. The molecule has 5 nitrogen and oxygen atoms in total. The molecule has 1 aromatic rings. The van der Waals surface area contributed by atoms with Crippen molar-refractivity contribution in [3.8, 4) is 0 Å². The highest BCUT2D eigenvalue weighted by atomic mass is 79.9. The molecular formula is C12H15BrN2O3. The predicted octanol–water partition coefficient (Wildman–Crippen LogP) is 2.57. The van der Waals surface area contributed by atoms with Gasteiger partial charge in [0.05, 0.1) is 4.92 Å². The van der Waals surface area contributed by atoms with Crippen molar-refractivity contribution in [2.45, 2.75) is 12.8 Å². The minimum Gasteiger partial charge on any atom is -0.396 e. The van der Waals surface area contributed by atoms with Gasteiger partial charge in [0.2, 0.25) is 0 Å². The number of hydrogen-bond acceptors (Lipinski definition) is 4. The van der Waals surface area contributed by atoms with Gasteiger partial charge in [-0.05, 0) is 30.9 Å². The molecule has 0 bridgehead atoms. The molecule has 0 amide bonds. The van der Waals surface area contributed by atoms with Crippen molar-refractivity contribution in [1.82, 2.24) is 0 Å². The Bertz CT molecular complexity index is 453. The number of nitrogens with zero attached hydrogens (tertiary/aromatic N) is 2. The number of hydrogen-bond donors (Lipinski definition) is 1. The van der Waals surface area contributed by atoms with E-state index in [2.05, 4.69) is 15.9 Å². The first kappa shape index (κ1) is 13.3. The highest BCUT2D eigenvalue weighted by molar-refractivity contribution is 9.10. The van der Waals surface area contributed by atoms with Crippen LogP contribution in [0.25, 0.3) is 0 Å². The lowest BCUT2D eigenvalue weighted by Crippen LogP contribution is -2.37. The smallest absolute Gasteiger partial charge is 0.292 e. The van der Waals surface area contributed by atoms with Crippen LogP contribution in [-0.4, -0.2) is 29.7 Å². The lowest BCUT2D eigenvalue weighted by Gasteiger charge is -2.33. The van der Waals surface area contributed by atoms with Crippen LogP contribution in [0, 0.1) is 16.0 Å². The van der Waals surface area contributed by atoms with Crippen LogP contribution in [0.4, 0.5) is 11.4 Å². The van der Waals surface area contributed by atoms with Crippen molar-refractivity contribution in [1.29, 1.82) is 0 Å². The van der Waals surface area contributed by atoms with Crippen LogP contribution in [0.3, 0.4) is 0 Å².